The Kier molecular flexibility index (Phi) is 4.04. The van der Waals surface area contributed by atoms with E-state index in [1.165, 1.54) is 0 Å². The maximum Gasteiger partial charge on any atom is 0.258 e. The number of carbonyl (C=O) groups is 1. The topological polar surface area (TPSA) is 72.1 Å². The lowest BCUT2D eigenvalue weighted by Crippen LogP contribution is -2.24. The van der Waals surface area contributed by atoms with Gasteiger partial charge < -0.3 is 10.6 Å². The lowest BCUT2D eigenvalue weighted by molar-refractivity contribution is 0.0779. The number of nitrogens with two attached hydrogens (primary N) is 1. The SMILES string of the molecule is CCCN1Cc2nc3c(-c4cnc(Cl)c(C)c4)cccc3c(N)c2C1=O. The van der Waals surface area contributed by atoms with Crippen LogP contribution in [0.2, 0.25) is 5.15 Å². The predicted molar refractivity (Wildman–Crippen MR) is 104 cm³/mol. The van der Waals surface area contributed by atoms with Crippen LogP contribution in [-0.4, -0.2) is 27.3 Å². The zero-order valence-corrected chi connectivity index (χ0v) is 15.5. The van der Waals surface area contributed by atoms with Gasteiger partial charge in [-0.15, -0.1) is 0 Å². The van der Waals surface area contributed by atoms with E-state index in [-0.39, 0.29) is 5.91 Å². The number of hydrogen-bond donors (Lipinski definition) is 1. The summed E-state index contributed by atoms with van der Waals surface area (Å²) in [6.45, 7) is 5.19. The third-order valence-corrected chi connectivity index (χ3v) is 5.19. The molecule has 6 heteroatoms. The molecule has 3 aromatic rings. The van der Waals surface area contributed by atoms with E-state index < -0.39 is 0 Å². The monoisotopic (exact) mass is 366 g/mol. The minimum atomic E-state index is -0.0249. The third kappa shape index (κ3) is 2.51. The Bertz CT molecular complexity index is 1050. The molecule has 1 aliphatic heterocycles. The average Bonchev–Trinajstić information content (AvgIpc) is 2.93. The summed E-state index contributed by atoms with van der Waals surface area (Å²) >= 11 is 6.06. The summed E-state index contributed by atoms with van der Waals surface area (Å²) in [5.74, 6) is -0.0249. The fourth-order valence-electron chi connectivity index (χ4n) is 3.51. The summed E-state index contributed by atoms with van der Waals surface area (Å²) < 4.78 is 0. The molecule has 0 saturated carbocycles. The number of nitrogens with zero attached hydrogens (tertiary/aromatic N) is 3. The van der Waals surface area contributed by atoms with Crippen molar-refractivity contribution in [3.8, 4) is 11.1 Å². The van der Waals surface area contributed by atoms with E-state index in [4.69, 9.17) is 22.3 Å². The van der Waals surface area contributed by atoms with Crippen molar-refractivity contribution in [2.24, 2.45) is 0 Å². The first-order chi connectivity index (χ1) is 12.5. The van der Waals surface area contributed by atoms with Crippen molar-refractivity contribution in [2.45, 2.75) is 26.8 Å². The van der Waals surface area contributed by atoms with E-state index >= 15 is 0 Å². The quantitative estimate of drug-likeness (QED) is 0.705. The van der Waals surface area contributed by atoms with Gasteiger partial charge in [0.2, 0.25) is 0 Å². The molecule has 0 radical (unpaired) electrons. The number of amides is 1. The van der Waals surface area contributed by atoms with Gasteiger partial charge in [-0.2, -0.15) is 0 Å². The molecule has 0 bridgehead atoms. The predicted octanol–water partition coefficient (Wildman–Crippen LogP) is 4.21. The summed E-state index contributed by atoms with van der Waals surface area (Å²) in [5, 5.41) is 1.28. The van der Waals surface area contributed by atoms with Crippen molar-refractivity contribution in [1.82, 2.24) is 14.9 Å². The zero-order valence-electron chi connectivity index (χ0n) is 14.7. The molecule has 0 saturated heterocycles. The molecule has 0 unspecified atom stereocenters. The Morgan fingerprint density at radius 1 is 1.35 bits per heavy atom. The van der Waals surface area contributed by atoms with Gasteiger partial charge in [0, 0.05) is 29.3 Å². The number of hydrogen-bond acceptors (Lipinski definition) is 4. The number of fused-ring (bicyclic) bond motifs is 2. The van der Waals surface area contributed by atoms with Gasteiger partial charge in [-0.3, -0.25) is 4.79 Å². The van der Waals surface area contributed by atoms with Crippen molar-refractivity contribution in [3.63, 3.8) is 0 Å². The number of nitrogen functional groups attached to an aromatic ring is 1. The highest BCUT2D eigenvalue weighted by Gasteiger charge is 2.31. The number of rotatable bonds is 3. The molecule has 3 heterocycles. The van der Waals surface area contributed by atoms with Gasteiger partial charge in [0.15, 0.2) is 0 Å². The molecule has 0 atom stereocenters. The molecule has 1 aromatic carbocycles. The van der Waals surface area contributed by atoms with Crippen molar-refractivity contribution < 1.29 is 4.79 Å². The second kappa shape index (κ2) is 6.25. The molecule has 132 valence electrons. The van der Waals surface area contributed by atoms with Gasteiger partial charge in [-0.25, -0.2) is 9.97 Å². The van der Waals surface area contributed by atoms with E-state index in [0.29, 0.717) is 29.5 Å². The molecule has 0 aliphatic carbocycles. The summed E-state index contributed by atoms with van der Waals surface area (Å²) in [6.07, 6.45) is 2.64. The first kappa shape index (κ1) is 16.8. The number of carbonyl (C=O) groups excluding carboxylic acids is 1. The molecule has 1 amide bonds. The zero-order chi connectivity index (χ0) is 18.4. The van der Waals surface area contributed by atoms with E-state index in [1.54, 1.807) is 11.1 Å². The molecular formula is C20H19ClN4O. The number of benzene rings is 1. The standard InChI is InChI=1S/C20H19ClN4O/c1-3-7-25-10-15-16(20(25)26)17(22)14-6-4-5-13(18(14)24-15)12-8-11(2)19(21)23-9-12/h4-6,8-9H,3,7,10H2,1-2H3,(H2,22,24). The molecule has 0 spiro atoms. The van der Waals surface area contributed by atoms with Crippen LogP contribution >= 0.6 is 11.6 Å². The summed E-state index contributed by atoms with van der Waals surface area (Å²) in [7, 11) is 0. The van der Waals surface area contributed by atoms with Gasteiger partial charge >= 0.3 is 0 Å². The highest BCUT2D eigenvalue weighted by molar-refractivity contribution is 6.30. The van der Waals surface area contributed by atoms with E-state index in [2.05, 4.69) is 11.9 Å². The van der Waals surface area contributed by atoms with Gasteiger partial charge in [0.25, 0.3) is 5.91 Å². The number of halogens is 1. The molecule has 5 nitrogen and oxygen atoms in total. The van der Waals surface area contributed by atoms with Gasteiger partial charge in [0.1, 0.15) is 5.15 Å². The Morgan fingerprint density at radius 3 is 2.88 bits per heavy atom. The van der Waals surface area contributed by atoms with Crippen LogP contribution in [0.3, 0.4) is 0 Å². The smallest absolute Gasteiger partial charge is 0.258 e. The second-order valence-corrected chi connectivity index (χ2v) is 6.97. The van der Waals surface area contributed by atoms with Crippen LogP contribution < -0.4 is 5.73 Å². The Hall–Kier alpha value is -2.66. The van der Waals surface area contributed by atoms with Crippen molar-refractivity contribution in [3.05, 3.63) is 52.4 Å². The van der Waals surface area contributed by atoms with Crippen LogP contribution in [0.1, 0.15) is 35.0 Å². The first-order valence-electron chi connectivity index (χ1n) is 8.64. The number of para-hydroxylation sites is 1. The Morgan fingerprint density at radius 2 is 2.15 bits per heavy atom. The maximum absolute atomic E-state index is 12.7. The summed E-state index contributed by atoms with van der Waals surface area (Å²) in [5.41, 5.74) is 11.8. The Labute approximate surface area is 156 Å². The van der Waals surface area contributed by atoms with Gasteiger partial charge in [0.05, 0.1) is 29.0 Å². The van der Waals surface area contributed by atoms with Crippen LogP contribution in [0.25, 0.3) is 22.0 Å². The van der Waals surface area contributed by atoms with Crippen LogP contribution in [0.5, 0.6) is 0 Å². The fraction of sp³-hybridized carbons (Fsp3) is 0.250. The minimum Gasteiger partial charge on any atom is -0.397 e. The first-order valence-corrected chi connectivity index (χ1v) is 9.02. The third-order valence-electron chi connectivity index (χ3n) is 4.79. The van der Waals surface area contributed by atoms with Crippen LogP contribution in [0.15, 0.2) is 30.5 Å². The molecular weight excluding hydrogens is 348 g/mol. The molecule has 1 aliphatic rings. The number of anilines is 1. The minimum absolute atomic E-state index is 0.0249. The average molecular weight is 367 g/mol. The van der Waals surface area contributed by atoms with E-state index in [9.17, 15) is 4.79 Å². The highest BCUT2D eigenvalue weighted by atomic mass is 35.5. The maximum atomic E-state index is 12.7. The van der Waals surface area contributed by atoms with Crippen LogP contribution in [-0.2, 0) is 6.54 Å². The number of aromatic nitrogens is 2. The van der Waals surface area contributed by atoms with Crippen LogP contribution in [0, 0.1) is 6.92 Å². The normalized spacial score (nSPS) is 13.5. The van der Waals surface area contributed by atoms with Crippen molar-refractivity contribution >= 4 is 34.1 Å². The largest absolute Gasteiger partial charge is 0.397 e. The summed E-state index contributed by atoms with van der Waals surface area (Å²) in [6, 6.07) is 7.82. The fourth-order valence-corrected chi connectivity index (χ4v) is 3.62. The Balaban J connectivity index is 1.94. The van der Waals surface area contributed by atoms with Crippen molar-refractivity contribution in [1.29, 1.82) is 0 Å². The van der Waals surface area contributed by atoms with Gasteiger partial charge in [-0.05, 0) is 25.0 Å². The van der Waals surface area contributed by atoms with Gasteiger partial charge in [-0.1, -0.05) is 36.7 Å². The van der Waals surface area contributed by atoms with E-state index in [1.807, 2.05) is 31.2 Å². The molecule has 0 fully saturated rings. The number of pyridine rings is 2. The van der Waals surface area contributed by atoms with Crippen molar-refractivity contribution in [2.75, 3.05) is 12.3 Å². The lowest BCUT2D eigenvalue weighted by Gasteiger charge is -2.13. The molecule has 2 aromatic heterocycles. The second-order valence-electron chi connectivity index (χ2n) is 6.61. The summed E-state index contributed by atoms with van der Waals surface area (Å²) in [4.78, 5) is 23.5. The van der Waals surface area contributed by atoms with Crippen LogP contribution in [0.4, 0.5) is 5.69 Å². The molecule has 2 N–H and O–H groups in total. The molecule has 26 heavy (non-hydrogen) atoms. The van der Waals surface area contributed by atoms with E-state index in [0.717, 1.165) is 39.7 Å². The highest BCUT2D eigenvalue weighted by Crippen LogP contribution is 2.36. The lowest BCUT2D eigenvalue weighted by atomic mass is 9.99. The number of aryl methyl sites for hydroxylation is 1. The molecule has 4 rings (SSSR count).